The fourth-order valence-electron chi connectivity index (χ4n) is 2.39. The number of amides is 1. The molecule has 0 aliphatic heterocycles. The number of hydrogen-bond donors (Lipinski definition) is 2. The molecule has 1 heterocycles. The summed E-state index contributed by atoms with van der Waals surface area (Å²) in [6.45, 7) is 1.90. The highest BCUT2D eigenvalue weighted by Crippen LogP contribution is 2.25. The fourth-order valence-corrected chi connectivity index (χ4v) is 2.54. The molecule has 0 bridgehead atoms. The summed E-state index contributed by atoms with van der Waals surface area (Å²) in [5, 5.41) is 4.38. The highest BCUT2D eigenvalue weighted by Gasteiger charge is 2.16. The standard InChI is InChI=1S/C18H16ClN3O/c1-11-14(19)9-7-13-8-10-15(21-17(11)13)22-18(23)16(20)12-5-3-2-4-6-12/h2-10,16H,20H2,1H3,(H,21,22,23)/t16-/m0/s1. The first kappa shape index (κ1) is 15.5. The summed E-state index contributed by atoms with van der Waals surface area (Å²) in [6.07, 6.45) is 0. The van der Waals surface area contributed by atoms with Gasteiger partial charge in [-0.3, -0.25) is 4.79 Å². The number of aromatic nitrogens is 1. The molecule has 4 nitrogen and oxygen atoms in total. The van der Waals surface area contributed by atoms with E-state index in [1.165, 1.54) is 0 Å². The summed E-state index contributed by atoms with van der Waals surface area (Å²) in [7, 11) is 0. The number of nitrogens with one attached hydrogen (secondary N) is 1. The zero-order chi connectivity index (χ0) is 16.4. The first-order valence-electron chi connectivity index (χ1n) is 7.23. The van der Waals surface area contributed by atoms with Gasteiger partial charge in [-0.05, 0) is 36.2 Å². The Balaban J connectivity index is 1.86. The largest absolute Gasteiger partial charge is 0.316 e. The highest BCUT2D eigenvalue weighted by atomic mass is 35.5. The van der Waals surface area contributed by atoms with E-state index in [2.05, 4.69) is 10.3 Å². The third-order valence-corrected chi connectivity index (χ3v) is 4.15. The van der Waals surface area contributed by atoms with Gasteiger partial charge in [0.2, 0.25) is 5.91 Å². The summed E-state index contributed by atoms with van der Waals surface area (Å²) in [6, 6.07) is 15.9. The molecule has 0 unspecified atom stereocenters. The van der Waals surface area contributed by atoms with E-state index in [1.54, 1.807) is 6.07 Å². The van der Waals surface area contributed by atoms with Gasteiger partial charge in [-0.1, -0.05) is 48.0 Å². The van der Waals surface area contributed by atoms with Gasteiger partial charge in [0.25, 0.3) is 0 Å². The molecule has 3 N–H and O–H groups in total. The molecule has 0 aliphatic carbocycles. The number of aryl methyl sites for hydroxylation is 1. The maximum Gasteiger partial charge on any atom is 0.247 e. The van der Waals surface area contributed by atoms with Crippen LogP contribution in [0.3, 0.4) is 0 Å². The Morgan fingerprint density at radius 3 is 2.57 bits per heavy atom. The Labute approximate surface area is 139 Å². The van der Waals surface area contributed by atoms with Crippen LogP contribution in [0.1, 0.15) is 17.2 Å². The van der Waals surface area contributed by atoms with Gasteiger partial charge in [0.15, 0.2) is 0 Å². The van der Waals surface area contributed by atoms with Crippen LogP contribution in [0.2, 0.25) is 5.02 Å². The smallest absolute Gasteiger partial charge is 0.247 e. The first-order chi connectivity index (χ1) is 11.1. The molecular weight excluding hydrogens is 310 g/mol. The average molecular weight is 326 g/mol. The van der Waals surface area contributed by atoms with Crippen molar-refractivity contribution in [3.05, 3.63) is 70.7 Å². The van der Waals surface area contributed by atoms with Crippen LogP contribution in [-0.4, -0.2) is 10.9 Å². The summed E-state index contributed by atoms with van der Waals surface area (Å²) < 4.78 is 0. The van der Waals surface area contributed by atoms with Gasteiger partial charge in [0.05, 0.1) is 5.52 Å². The van der Waals surface area contributed by atoms with Crippen molar-refractivity contribution in [3.8, 4) is 0 Å². The molecule has 0 saturated carbocycles. The van der Waals surface area contributed by atoms with Gasteiger partial charge in [-0.2, -0.15) is 0 Å². The molecule has 3 aromatic rings. The van der Waals surface area contributed by atoms with Gasteiger partial charge in [-0.15, -0.1) is 0 Å². The summed E-state index contributed by atoms with van der Waals surface area (Å²) in [5.41, 5.74) is 8.40. The number of nitrogens with two attached hydrogens (primary N) is 1. The lowest BCUT2D eigenvalue weighted by molar-refractivity contribution is -0.117. The van der Waals surface area contributed by atoms with Crippen LogP contribution >= 0.6 is 11.6 Å². The minimum Gasteiger partial charge on any atom is -0.316 e. The topological polar surface area (TPSA) is 68.0 Å². The Morgan fingerprint density at radius 1 is 1.13 bits per heavy atom. The van der Waals surface area contributed by atoms with Crippen molar-refractivity contribution in [3.63, 3.8) is 0 Å². The van der Waals surface area contributed by atoms with Crippen molar-refractivity contribution >= 4 is 34.2 Å². The SMILES string of the molecule is Cc1c(Cl)ccc2ccc(NC(=O)[C@@H](N)c3ccccc3)nc12. The number of fused-ring (bicyclic) bond motifs is 1. The van der Waals surface area contributed by atoms with Crippen molar-refractivity contribution < 1.29 is 4.79 Å². The fraction of sp³-hybridized carbons (Fsp3) is 0.111. The van der Waals surface area contributed by atoms with Crippen LogP contribution < -0.4 is 11.1 Å². The van der Waals surface area contributed by atoms with Gasteiger partial charge in [-0.25, -0.2) is 4.98 Å². The molecule has 0 fully saturated rings. The Hall–Kier alpha value is -2.43. The lowest BCUT2D eigenvalue weighted by Crippen LogP contribution is -2.28. The van der Waals surface area contributed by atoms with Crippen LogP contribution in [0.15, 0.2) is 54.6 Å². The van der Waals surface area contributed by atoms with Gasteiger partial charge < -0.3 is 11.1 Å². The van der Waals surface area contributed by atoms with E-state index in [4.69, 9.17) is 17.3 Å². The molecule has 0 aliphatic rings. The lowest BCUT2D eigenvalue weighted by Gasteiger charge is -2.13. The number of hydrogen-bond acceptors (Lipinski definition) is 3. The van der Waals surface area contributed by atoms with Crippen molar-refractivity contribution in [2.75, 3.05) is 5.32 Å². The van der Waals surface area contributed by atoms with Crippen LogP contribution in [0.5, 0.6) is 0 Å². The zero-order valence-electron chi connectivity index (χ0n) is 12.6. The quantitative estimate of drug-likeness (QED) is 0.769. The molecule has 0 radical (unpaired) electrons. The summed E-state index contributed by atoms with van der Waals surface area (Å²) >= 11 is 6.13. The van der Waals surface area contributed by atoms with Crippen molar-refractivity contribution in [1.29, 1.82) is 0 Å². The molecule has 0 spiro atoms. The number of carbonyl (C=O) groups is 1. The summed E-state index contributed by atoms with van der Waals surface area (Å²) in [4.78, 5) is 16.8. The highest BCUT2D eigenvalue weighted by molar-refractivity contribution is 6.32. The first-order valence-corrected chi connectivity index (χ1v) is 7.61. The van der Waals surface area contributed by atoms with Crippen LogP contribution in [0.25, 0.3) is 10.9 Å². The Kier molecular flexibility index (Phi) is 4.28. The second-order valence-electron chi connectivity index (χ2n) is 5.32. The minimum atomic E-state index is -0.742. The van der Waals surface area contributed by atoms with Crippen LogP contribution in [0, 0.1) is 6.92 Å². The van der Waals surface area contributed by atoms with E-state index in [-0.39, 0.29) is 5.91 Å². The predicted molar refractivity (Wildman–Crippen MR) is 93.5 cm³/mol. The van der Waals surface area contributed by atoms with Crippen molar-refractivity contribution in [2.24, 2.45) is 5.73 Å². The third kappa shape index (κ3) is 3.18. The average Bonchev–Trinajstić information content (AvgIpc) is 2.58. The van der Waals surface area contributed by atoms with E-state index in [0.717, 1.165) is 22.0 Å². The van der Waals surface area contributed by atoms with E-state index >= 15 is 0 Å². The number of carbonyl (C=O) groups excluding carboxylic acids is 1. The number of anilines is 1. The molecule has 1 aromatic heterocycles. The predicted octanol–water partition coefficient (Wildman–Crippen LogP) is 3.84. The van der Waals surface area contributed by atoms with E-state index in [9.17, 15) is 4.79 Å². The lowest BCUT2D eigenvalue weighted by atomic mass is 10.1. The van der Waals surface area contributed by atoms with Gasteiger partial charge in [0, 0.05) is 10.4 Å². The minimum absolute atomic E-state index is 0.303. The number of rotatable bonds is 3. The molecule has 2 aromatic carbocycles. The van der Waals surface area contributed by atoms with E-state index < -0.39 is 6.04 Å². The molecule has 23 heavy (non-hydrogen) atoms. The second kappa shape index (κ2) is 6.36. The van der Waals surface area contributed by atoms with Gasteiger partial charge >= 0.3 is 0 Å². The monoisotopic (exact) mass is 325 g/mol. The third-order valence-electron chi connectivity index (χ3n) is 3.74. The molecular formula is C18H16ClN3O. The molecule has 0 saturated heterocycles. The number of pyridine rings is 1. The van der Waals surface area contributed by atoms with Gasteiger partial charge in [0.1, 0.15) is 11.9 Å². The number of halogens is 1. The van der Waals surface area contributed by atoms with Crippen LogP contribution in [0.4, 0.5) is 5.82 Å². The normalized spacial score (nSPS) is 12.1. The number of benzene rings is 2. The van der Waals surface area contributed by atoms with Crippen molar-refractivity contribution in [1.82, 2.24) is 4.98 Å². The van der Waals surface area contributed by atoms with Crippen molar-refractivity contribution in [2.45, 2.75) is 13.0 Å². The Morgan fingerprint density at radius 2 is 1.83 bits per heavy atom. The number of nitrogens with zero attached hydrogens (tertiary/aromatic N) is 1. The molecule has 3 rings (SSSR count). The summed E-state index contributed by atoms with van der Waals surface area (Å²) in [5.74, 6) is 0.155. The Bertz CT molecular complexity index is 865. The van der Waals surface area contributed by atoms with E-state index in [0.29, 0.717) is 10.8 Å². The maximum atomic E-state index is 12.3. The zero-order valence-corrected chi connectivity index (χ0v) is 13.3. The van der Waals surface area contributed by atoms with E-state index in [1.807, 2.05) is 55.5 Å². The maximum absolute atomic E-state index is 12.3. The van der Waals surface area contributed by atoms with Crippen LogP contribution in [-0.2, 0) is 4.79 Å². The molecule has 5 heteroatoms. The molecule has 116 valence electrons. The second-order valence-corrected chi connectivity index (χ2v) is 5.73. The molecule has 1 atom stereocenters. The molecule has 1 amide bonds.